The van der Waals surface area contributed by atoms with Crippen LogP contribution in [0.3, 0.4) is 0 Å². The molecule has 0 aliphatic carbocycles. The second-order valence-corrected chi connectivity index (χ2v) is 3.89. The number of thiophene rings is 1. The molecule has 0 radical (unpaired) electrons. The quantitative estimate of drug-likeness (QED) is 0.806. The Balaban J connectivity index is 2.83. The monoisotopic (exact) mass is 228 g/mol. The Hall–Kier alpha value is -0.390. The van der Waals surface area contributed by atoms with Crippen molar-refractivity contribution in [2.75, 3.05) is 7.11 Å². The van der Waals surface area contributed by atoms with Gasteiger partial charge in [0.2, 0.25) is 0 Å². The fourth-order valence-corrected chi connectivity index (χ4v) is 1.78. The number of aliphatic hydroxyl groups is 1. The van der Waals surface area contributed by atoms with Crippen molar-refractivity contribution < 1.29 is 18.6 Å². The summed E-state index contributed by atoms with van der Waals surface area (Å²) in [5, 5.41) is 5.85. The third kappa shape index (κ3) is 2.52. The van der Waals surface area contributed by atoms with E-state index in [-0.39, 0.29) is 4.88 Å². The topological polar surface area (TPSA) is 29.5 Å². The van der Waals surface area contributed by atoms with Gasteiger partial charge in [0, 0.05) is 4.88 Å². The van der Waals surface area contributed by atoms with Crippen LogP contribution in [-0.2, 0) is 0 Å². The molecule has 0 bridgehead atoms. The van der Waals surface area contributed by atoms with Crippen LogP contribution in [0.5, 0.6) is 5.06 Å². The van der Waals surface area contributed by atoms with E-state index in [1.807, 2.05) is 0 Å². The summed E-state index contributed by atoms with van der Waals surface area (Å²) in [7, 11) is 1.42. The smallest absolute Gasteiger partial charge is 0.352 e. The van der Waals surface area contributed by atoms with Gasteiger partial charge in [-0.05, 0) is 23.7 Å². The molecule has 2 nitrogen and oxygen atoms in total. The summed E-state index contributed by atoms with van der Waals surface area (Å²) in [6.45, 7) is 0. The summed E-state index contributed by atoms with van der Waals surface area (Å²) in [4.78, 5) is 0.0804. The molecule has 1 aromatic rings. The van der Waals surface area contributed by atoms with Gasteiger partial charge in [0.25, 0.3) is 0 Å². The standard InChI is InChI=1S/C7H7ClF2O2S/c1-12-5-3-2-4(13-5)6(11)7(8,9)10/h2-3,6,11H,1H3. The van der Waals surface area contributed by atoms with Crippen LogP contribution in [0.15, 0.2) is 12.1 Å². The van der Waals surface area contributed by atoms with E-state index in [1.54, 1.807) is 0 Å². The first kappa shape index (κ1) is 10.7. The first-order valence-corrected chi connectivity index (χ1v) is 4.53. The van der Waals surface area contributed by atoms with E-state index in [4.69, 9.17) is 9.84 Å². The Kier molecular flexibility index (Phi) is 3.10. The predicted octanol–water partition coefficient (Wildman–Crippen LogP) is 2.62. The molecule has 1 heterocycles. The summed E-state index contributed by atoms with van der Waals surface area (Å²) in [6.07, 6.45) is -1.98. The average Bonchev–Trinajstić information content (AvgIpc) is 2.48. The maximum atomic E-state index is 12.4. The van der Waals surface area contributed by atoms with Gasteiger partial charge in [-0.2, -0.15) is 8.78 Å². The van der Waals surface area contributed by atoms with E-state index >= 15 is 0 Å². The molecule has 0 saturated carbocycles. The zero-order chi connectivity index (χ0) is 10.1. The van der Waals surface area contributed by atoms with Crippen molar-refractivity contribution in [3.63, 3.8) is 0 Å². The molecule has 0 aliphatic rings. The molecule has 0 fully saturated rings. The van der Waals surface area contributed by atoms with Crippen LogP contribution in [0.25, 0.3) is 0 Å². The molecular weight excluding hydrogens is 222 g/mol. The third-order valence-corrected chi connectivity index (χ3v) is 2.69. The highest BCUT2D eigenvalue weighted by Crippen LogP contribution is 2.39. The van der Waals surface area contributed by atoms with Gasteiger partial charge in [-0.15, -0.1) is 11.3 Å². The molecule has 0 amide bonds. The highest BCUT2D eigenvalue weighted by atomic mass is 35.5. The van der Waals surface area contributed by atoms with Crippen LogP contribution in [0.4, 0.5) is 8.78 Å². The van der Waals surface area contributed by atoms with E-state index in [0.717, 1.165) is 11.3 Å². The van der Waals surface area contributed by atoms with E-state index in [9.17, 15) is 8.78 Å². The lowest BCUT2D eigenvalue weighted by Gasteiger charge is -2.13. The second-order valence-electron chi connectivity index (χ2n) is 2.31. The molecule has 13 heavy (non-hydrogen) atoms. The minimum atomic E-state index is -3.64. The first-order valence-electron chi connectivity index (χ1n) is 3.33. The summed E-state index contributed by atoms with van der Waals surface area (Å²) < 4.78 is 29.6. The first-order chi connectivity index (χ1) is 5.95. The molecular formula is C7H7ClF2O2S. The summed E-state index contributed by atoms with van der Waals surface area (Å²) in [5.74, 6) is 0. The lowest BCUT2D eigenvalue weighted by atomic mass is 10.3. The molecule has 6 heteroatoms. The van der Waals surface area contributed by atoms with Gasteiger partial charge in [-0.1, -0.05) is 0 Å². The molecule has 1 aromatic heterocycles. The van der Waals surface area contributed by atoms with Gasteiger partial charge < -0.3 is 9.84 Å². The normalized spacial score (nSPS) is 14.2. The second kappa shape index (κ2) is 3.77. The number of rotatable bonds is 3. The maximum Gasteiger partial charge on any atom is 0.352 e. The zero-order valence-corrected chi connectivity index (χ0v) is 8.20. The van der Waals surface area contributed by atoms with E-state index < -0.39 is 11.5 Å². The van der Waals surface area contributed by atoms with Crippen LogP contribution in [0, 0.1) is 0 Å². The van der Waals surface area contributed by atoms with Crippen LogP contribution in [0.1, 0.15) is 11.0 Å². The molecule has 0 aliphatic heterocycles. The predicted molar refractivity (Wildman–Crippen MR) is 46.6 cm³/mol. The van der Waals surface area contributed by atoms with Crippen LogP contribution < -0.4 is 4.74 Å². The lowest BCUT2D eigenvalue weighted by molar-refractivity contribution is -0.0405. The Labute approximate surface area is 82.7 Å². The SMILES string of the molecule is COc1ccc(C(O)C(F)(F)Cl)s1. The number of aliphatic hydroxyl groups excluding tert-OH is 1. The van der Waals surface area contributed by atoms with E-state index in [2.05, 4.69) is 11.6 Å². The highest BCUT2D eigenvalue weighted by Gasteiger charge is 2.37. The third-order valence-electron chi connectivity index (χ3n) is 1.38. The number of alkyl halides is 3. The van der Waals surface area contributed by atoms with Gasteiger partial charge in [-0.3, -0.25) is 0 Å². The van der Waals surface area contributed by atoms with Crippen molar-refractivity contribution in [2.45, 2.75) is 11.5 Å². The fraction of sp³-hybridized carbons (Fsp3) is 0.429. The van der Waals surface area contributed by atoms with E-state index in [0.29, 0.717) is 5.06 Å². The molecule has 1 N–H and O–H groups in total. The summed E-state index contributed by atoms with van der Waals surface area (Å²) >= 11 is 5.58. The number of ether oxygens (including phenoxy) is 1. The fourth-order valence-electron chi connectivity index (χ4n) is 0.752. The van der Waals surface area contributed by atoms with Crippen LogP contribution in [-0.4, -0.2) is 17.6 Å². The molecule has 1 atom stereocenters. The van der Waals surface area contributed by atoms with Gasteiger partial charge >= 0.3 is 5.38 Å². The minimum absolute atomic E-state index is 0.0804. The largest absolute Gasteiger partial charge is 0.487 e. The lowest BCUT2D eigenvalue weighted by Crippen LogP contribution is -2.17. The number of hydrogen-bond donors (Lipinski definition) is 1. The Morgan fingerprint density at radius 2 is 2.23 bits per heavy atom. The zero-order valence-electron chi connectivity index (χ0n) is 6.63. The van der Waals surface area contributed by atoms with Crippen molar-refractivity contribution in [3.05, 3.63) is 17.0 Å². The molecule has 0 aromatic carbocycles. The van der Waals surface area contributed by atoms with Crippen molar-refractivity contribution in [3.8, 4) is 5.06 Å². The van der Waals surface area contributed by atoms with Crippen LogP contribution in [0.2, 0.25) is 0 Å². The Morgan fingerprint density at radius 3 is 2.62 bits per heavy atom. The van der Waals surface area contributed by atoms with Crippen LogP contribution >= 0.6 is 22.9 Å². The van der Waals surface area contributed by atoms with Crippen molar-refractivity contribution in [1.82, 2.24) is 0 Å². The molecule has 1 unspecified atom stereocenters. The summed E-state index contributed by atoms with van der Waals surface area (Å²) in [6, 6.07) is 2.84. The van der Waals surface area contributed by atoms with E-state index in [1.165, 1.54) is 19.2 Å². The highest BCUT2D eigenvalue weighted by molar-refractivity contribution is 7.13. The average molecular weight is 229 g/mol. The van der Waals surface area contributed by atoms with Crippen molar-refractivity contribution >= 4 is 22.9 Å². The Morgan fingerprint density at radius 1 is 1.62 bits per heavy atom. The van der Waals surface area contributed by atoms with Crippen molar-refractivity contribution in [2.24, 2.45) is 0 Å². The van der Waals surface area contributed by atoms with Crippen molar-refractivity contribution in [1.29, 1.82) is 0 Å². The minimum Gasteiger partial charge on any atom is -0.487 e. The van der Waals surface area contributed by atoms with Gasteiger partial charge in [0.1, 0.15) is 0 Å². The Bertz CT molecular complexity index is 284. The molecule has 1 rings (SSSR count). The van der Waals surface area contributed by atoms with Gasteiger partial charge in [-0.25, -0.2) is 0 Å². The number of halogens is 3. The molecule has 74 valence electrons. The van der Waals surface area contributed by atoms with Gasteiger partial charge in [0.15, 0.2) is 11.2 Å². The molecule has 0 saturated heterocycles. The number of methoxy groups -OCH3 is 1. The summed E-state index contributed by atoms with van der Waals surface area (Å²) in [5.41, 5.74) is 0. The maximum absolute atomic E-state index is 12.4. The number of hydrogen-bond acceptors (Lipinski definition) is 3. The molecule has 0 spiro atoms. The van der Waals surface area contributed by atoms with Gasteiger partial charge in [0.05, 0.1) is 7.11 Å².